The molecule has 1 aliphatic rings. The number of aliphatic carboxylic acids is 1. The fourth-order valence-electron chi connectivity index (χ4n) is 2.88. The topological polar surface area (TPSA) is 84.7 Å². The lowest BCUT2D eigenvalue weighted by molar-refractivity contribution is -0.141. The number of rotatable bonds is 3. The van der Waals surface area contributed by atoms with Crippen LogP contribution in [0.2, 0.25) is 0 Å². The largest absolute Gasteiger partial charge is 0.480 e. The smallest absolute Gasteiger partial charge is 0.326 e. The Bertz CT molecular complexity index is 716. The summed E-state index contributed by atoms with van der Waals surface area (Å²) in [6, 6.07) is 0.964. The van der Waals surface area contributed by atoms with Crippen LogP contribution in [0.15, 0.2) is 6.07 Å². The minimum atomic E-state index is -0.994. The molecule has 1 fully saturated rings. The van der Waals surface area contributed by atoms with Gasteiger partial charge >= 0.3 is 5.97 Å². The van der Waals surface area contributed by atoms with Crippen LogP contribution >= 0.6 is 11.3 Å². The van der Waals surface area contributed by atoms with Crippen molar-refractivity contribution in [3.05, 3.63) is 16.6 Å². The second kappa shape index (κ2) is 5.36. The van der Waals surface area contributed by atoms with Gasteiger partial charge in [-0.3, -0.25) is 9.48 Å². The zero-order valence-electron chi connectivity index (χ0n) is 12.6. The van der Waals surface area contributed by atoms with Gasteiger partial charge in [-0.05, 0) is 13.0 Å². The van der Waals surface area contributed by atoms with E-state index in [1.165, 1.54) is 23.3 Å². The van der Waals surface area contributed by atoms with Crippen LogP contribution in [-0.2, 0) is 16.6 Å². The Kier molecular flexibility index (Phi) is 3.65. The van der Waals surface area contributed by atoms with Crippen molar-refractivity contribution in [1.82, 2.24) is 14.7 Å². The van der Waals surface area contributed by atoms with E-state index in [-0.39, 0.29) is 12.0 Å². The molecule has 1 N–H and O–H groups in total. The monoisotopic (exact) mass is 323 g/mol. The molecule has 8 heteroatoms. The van der Waals surface area contributed by atoms with Crippen molar-refractivity contribution in [2.24, 2.45) is 7.05 Å². The van der Waals surface area contributed by atoms with Crippen LogP contribution in [0.5, 0.6) is 0 Å². The van der Waals surface area contributed by atoms with Gasteiger partial charge in [0.25, 0.3) is 5.91 Å². The number of aromatic nitrogens is 2. The van der Waals surface area contributed by atoms with Gasteiger partial charge in [0.15, 0.2) is 0 Å². The van der Waals surface area contributed by atoms with Crippen LogP contribution in [0.4, 0.5) is 0 Å². The number of methoxy groups -OCH3 is 1. The minimum absolute atomic E-state index is 0.233. The number of nitrogens with zero attached hydrogens (tertiary/aromatic N) is 3. The second-order valence-corrected chi connectivity index (χ2v) is 6.47. The molecule has 1 amide bonds. The number of carboxylic acids is 1. The molecule has 0 aromatic carbocycles. The van der Waals surface area contributed by atoms with Crippen molar-refractivity contribution in [1.29, 1.82) is 0 Å². The van der Waals surface area contributed by atoms with E-state index < -0.39 is 12.0 Å². The van der Waals surface area contributed by atoms with Gasteiger partial charge in [-0.2, -0.15) is 5.10 Å². The SMILES string of the molecule is COC1CC(C(=O)O)N(C(=O)c2cc3c(C)nn(C)c3s2)C1. The molecule has 0 bridgehead atoms. The van der Waals surface area contributed by atoms with Crippen LogP contribution in [0.25, 0.3) is 10.2 Å². The number of carbonyl (C=O) groups is 2. The summed E-state index contributed by atoms with van der Waals surface area (Å²) in [6.07, 6.45) is 0.0890. The van der Waals surface area contributed by atoms with Gasteiger partial charge in [-0.15, -0.1) is 11.3 Å². The van der Waals surface area contributed by atoms with E-state index in [2.05, 4.69) is 5.10 Å². The first-order chi connectivity index (χ1) is 10.4. The van der Waals surface area contributed by atoms with Crippen molar-refractivity contribution in [3.63, 3.8) is 0 Å². The Morgan fingerprint density at radius 2 is 2.23 bits per heavy atom. The maximum Gasteiger partial charge on any atom is 0.326 e. The van der Waals surface area contributed by atoms with Crippen LogP contribution < -0.4 is 0 Å². The maximum absolute atomic E-state index is 12.7. The molecule has 2 unspecified atom stereocenters. The summed E-state index contributed by atoms with van der Waals surface area (Å²) >= 11 is 1.34. The molecule has 1 aliphatic heterocycles. The zero-order chi connectivity index (χ0) is 16.0. The first kappa shape index (κ1) is 15.0. The van der Waals surface area contributed by atoms with Gasteiger partial charge in [-0.1, -0.05) is 0 Å². The quantitative estimate of drug-likeness (QED) is 0.919. The standard InChI is InChI=1S/C14H17N3O4S/c1-7-9-5-11(22-13(9)16(2)15-7)12(18)17-6-8(21-3)4-10(17)14(19)20/h5,8,10H,4,6H2,1-3H3,(H,19,20). The van der Waals surface area contributed by atoms with E-state index in [4.69, 9.17) is 4.74 Å². The normalized spacial score (nSPS) is 21.7. The van der Waals surface area contributed by atoms with E-state index in [1.54, 1.807) is 10.7 Å². The van der Waals surface area contributed by atoms with Gasteiger partial charge in [0.2, 0.25) is 0 Å². The summed E-state index contributed by atoms with van der Waals surface area (Å²) in [4.78, 5) is 26.9. The predicted molar refractivity (Wildman–Crippen MR) is 81.2 cm³/mol. The third-order valence-electron chi connectivity index (χ3n) is 4.05. The fraction of sp³-hybridized carbons (Fsp3) is 0.500. The highest BCUT2D eigenvalue weighted by Crippen LogP contribution is 2.31. The van der Waals surface area contributed by atoms with Crippen molar-refractivity contribution in [3.8, 4) is 0 Å². The van der Waals surface area contributed by atoms with Crippen LogP contribution in [0, 0.1) is 6.92 Å². The average molecular weight is 323 g/mol. The van der Waals surface area contributed by atoms with Crippen molar-refractivity contribution < 1.29 is 19.4 Å². The third kappa shape index (κ3) is 2.28. The van der Waals surface area contributed by atoms with E-state index >= 15 is 0 Å². The van der Waals surface area contributed by atoms with E-state index in [0.29, 0.717) is 17.8 Å². The first-order valence-corrected chi connectivity index (χ1v) is 7.73. The zero-order valence-corrected chi connectivity index (χ0v) is 13.4. The molecule has 3 rings (SSSR count). The average Bonchev–Trinajstić information content (AvgIpc) is 3.15. The van der Waals surface area contributed by atoms with Gasteiger partial charge in [0, 0.05) is 32.5 Å². The predicted octanol–water partition coefficient (Wildman–Crippen LogP) is 1.26. The molecule has 0 aliphatic carbocycles. The molecule has 0 saturated carbocycles. The van der Waals surface area contributed by atoms with Crippen LogP contribution in [0.1, 0.15) is 21.8 Å². The lowest BCUT2D eigenvalue weighted by atomic mass is 10.2. The Balaban J connectivity index is 1.94. The van der Waals surface area contributed by atoms with Gasteiger partial charge < -0.3 is 14.7 Å². The molecule has 1 saturated heterocycles. The molecule has 7 nitrogen and oxygen atoms in total. The number of carbonyl (C=O) groups excluding carboxylic acids is 1. The molecular formula is C14H17N3O4S. The molecular weight excluding hydrogens is 306 g/mol. The number of carboxylic acid groups (broad SMARTS) is 1. The Hall–Kier alpha value is -1.93. The number of amides is 1. The lowest BCUT2D eigenvalue weighted by Crippen LogP contribution is -2.40. The third-order valence-corrected chi connectivity index (χ3v) is 5.24. The van der Waals surface area contributed by atoms with E-state index in [0.717, 1.165) is 15.9 Å². The summed E-state index contributed by atoms with van der Waals surface area (Å²) in [5.74, 6) is -1.25. The number of hydrogen-bond acceptors (Lipinski definition) is 5. The lowest BCUT2D eigenvalue weighted by Gasteiger charge is -2.20. The molecule has 3 heterocycles. The number of hydrogen-bond donors (Lipinski definition) is 1. The van der Waals surface area contributed by atoms with Crippen molar-refractivity contribution in [2.75, 3.05) is 13.7 Å². The fourth-order valence-corrected chi connectivity index (χ4v) is 3.96. The summed E-state index contributed by atoms with van der Waals surface area (Å²) in [7, 11) is 3.36. The van der Waals surface area contributed by atoms with Crippen LogP contribution in [0.3, 0.4) is 0 Å². The van der Waals surface area contributed by atoms with E-state index in [9.17, 15) is 14.7 Å². The number of ether oxygens (including phenoxy) is 1. The Morgan fingerprint density at radius 1 is 1.50 bits per heavy atom. The first-order valence-electron chi connectivity index (χ1n) is 6.92. The number of thiophene rings is 1. The summed E-state index contributed by atoms with van der Waals surface area (Å²) < 4.78 is 6.96. The molecule has 0 radical (unpaired) electrons. The van der Waals surface area contributed by atoms with Crippen molar-refractivity contribution in [2.45, 2.75) is 25.5 Å². The molecule has 118 valence electrons. The molecule has 22 heavy (non-hydrogen) atoms. The summed E-state index contributed by atoms with van der Waals surface area (Å²) in [5, 5.41) is 14.6. The number of likely N-dealkylation sites (tertiary alicyclic amines) is 1. The second-order valence-electron chi connectivity index (χ2n) is 5.44. The highest BCUT2D eigenvalue weighted by atomic mass is 32.1. The summed E-state index contributed by atoms with van der Waals surface area (Å²) in [6.45, 7) is 2.19. The van der Waals surface area contributed by atoms with Crippen molar-refractivity contribution >= 4 is 33.4 Å². The molecule has 2 aromatic rings. The highest BCUT2D eigenvalue weighted by molar-refractivity contribution is 7.20. The number of aryl methyl sites for hydroxylation is 2. The van der Waals surface area contributed by atoms with Gasteiger partial charge in [0.1, 0.15) is 10.9 Å². The molecule has 2 atom stereocenters. The van der Waals surface area contributed by atoms with Gasteiger partial charge in [0.05, 0.1) is 16.7 Å². The maximum atomic E-state index is 12.7. The summed E-state index contributed by atoms with van der Waals surface area (Å²) in [5.41, 5.74) is 0.860. The highest BCUT2D eigenvalue weighted by Gasteiger charge is 2.40. The molecule has 0 spiro atoms. The van der Waals surface area contributed by atoms with Gasteiger partial charge in [-0.25, -0.2) is 4.79 Å². The van der Waals surface area contributed by atoms with E-state index in [1.807, 2.05) is 14.0 Å². The Labute approximate surface area is 131 Å². The molecule has 2 aromatic heterocycles. The number of fused-ring (bicyclic) bond motifs is 1. The van der Waals surface area contributed by atoms with Crippen LogP contribution in [-0.4, -0.2) is 57.5 Å². The Morgan fingerprint density at radius 3 is 2.82 bits per heavy atom. The minimum Gasteiger partial charge on any atom is -0.480 e.